The second-order valence-corrected chi connectivity index (χ2v) is 4.18. The minimum atomic E-state index is -1.23. The van der Waals surface area contributed by atoms with Crippen LogP contribution in [-0.2, 0) is 9.59 Å². The molecule has 0 fully saturated rings. The summed E-state index contributed by atoms with van der Waals surface area (Å²) in [4.78, 5) is 37.2. The summed E-state index contributed by atoms with van der Waals surface area (Å²) in [6.45, 7) is 1.80. The molecule has 0 aliphatic heterocycles. The normalized spacial score (nSPS) is 11.4. The molecule has 1 heterocycles. The van der Waals surface area contributed by atoms with Gasteiger partial charge in [-0.1, -0.05) is 0 Å². The maximum absolute atomic E-state index is 11.6. The molecule has 0 spiro atoms. The Bertz CT molecular complexity index is 501. The third-order valence-corrected chi connectivity index (χ3v) is 2.45. The second kappa shape index (κ2) is 7.07. The van der Waals surface area contributed by atoms with Crippen molar-refractivity contribution in [1.82, 2.24) is 10.3 Å². The Balaban J connectivity index is 2.55. The quantitative estimate of drug-likeness (QED) is 0.591. The van der Waals surface area contributed by atoms with Crippen molar-refractivity contribution in [3.05, 3.63) is 24.0 Å². The lowest BCUT2D eigenvalue weighted by Crippen LogP contribution is -2.43. The molecule has 3 amide bonds. The third kappa shape index (κ3) is 5.34. The highest BCUT2D eigenvalue weighted by Gasteiger charge is 2.20. The van der Waals surface area contributed by atoms with Crippen LogP contribution in [0, 0.1) is 6.92 Å². The molecule has 0 saturated heterocycles. The number of aryl methyl sites for hydroxylation is 1. The molecule has 1 rings (SSSR count). The zero-order chi connectivity index (χ0) is 15.1. The van der Waals surface area contributed by atoms with Crippen molar-refractivity contribution in [3.8, 4) is 0 Å². The standard InChI is InChI=1S/C12H16N4O4/c1-7-2-3-8(6-14-7)15-12(20)16-9(11(18)19)4-5-10(13)17/h2-3,6,9H,4-5H2,1H3,(H2,13,17)(H,18,19)(H2,15,16,20). The largest absolute Gasteiger partial charge is 0.480 e. The number of rotatable bonds is 6. The zero-order valence-electron chi connectivity index (χ0n) is 10.9. The van der Waals surface area contributed by atoms with Crippen molar-refractivity contribution in [1.29, 1.82) is 0 Å². The summed E-state index contributed by atoms with van der Waals surface area (Å²) in [6, 6.07) is 1.48. The fourth-order valence-electron chi connectivity index (χ4n) is 1.41. The van der Waals surface area contributed by atoms with Gasteiger partial charge in [0.15, 0.2) is 0 Å². The van der Waals surface area contributed by atoms with E-state index in [1.54, 1.807) is 19.1 Å². The first-order valence-corrected chi connectivity index (χ1v) is 5.89. The summed E-state index contributed by atoms with van der Waals surface area (Å²) in [5.41, 5.74) is 6.17. The predicted octanol–water partition coefficient (Wildman–Crippen LogP) is 0.230. The summed E-state index contributed by atoms with van der Waals surface area (Å²) in [7, 11) is 0. The Morgan fingerprint density at radius 3 is 2.60 bits per heavy atom. The van der Waals surface area contributed by atoms with Crippen LogP contribution in [0.3, 0.4) is 0 Å². The van der Waals surface area contributed by atoms with Crippen LogP contribution in [-0.4, -0.2) is 34.0 Å². The lowest BCUT2D eigenvalue weighted by Gasteiger charge is -2.14. The molecule has 0 aromatic carbocycles. The number of hydrogen-bond donors (Lipinski definition) is 4. The van der Waals surface area contributed by atoms with Gasteiger partial charge in [-0.25, -0.2) is 9.59 Å². The molecular weight excluding hydrogens is 264 g/mol. The zero-order valence-corrected chi connectivity index (χ0v) is 10.9. The summed E-state index contributed by atoms with van der Waals surface area (Å²) in [6.07, 6.45) is 1.27. The first kappa shape index (κ1) is 15.4. The average molecular weight is 280 g/mol. The number of aromatic nitrogens is 1. The number of aliphatic carboxylic acids is 1. The number of nitrogens with one attached hydrogen (secondary N) is 2. The van der Waals surface area contributed by atoms with Gasteiger partial charge in [0.05, 0.1) is 11.9 Å². The number of pyridine rings is 1. The van der Waals surface area contributed by atoms with E-state index in [9.17, 15) is 14.4 Å². The Kier molecular flexibility index (Phi) is 5.45. The molecule has 0 bridgehead atoms. The lowest BCUT2D eigenvalue weighted by atomic mass is 10.1. The van der Waals surface area contributed by atoms with Gasteiger partial charge in [0.1, 0.15) is 6.04 Å². The van der Waals surface area contributed by atoms with E-state index in [4.69, 9.17) is 10.8 Å². The smallest absolute Gasteiger partial charge is 0.326 e. The molecule has 20 heavy (non-hydrogen) atoms. The number of amides is 3. The highest BCUT2D eigenvalue weighted by atomic mass is 16.4. The van der Waals surface area contributed by atoms with E-state index in [2.05, 4.69) is 15.6 Å². The van der Waals surface area contributed by atoms with Gasteiger partial charge < -0.3 is 21.5 Å². The molecule has 1 aromatic rings. The van der Waals surface area contributed by atoms with Crippen molar-refractivity contribution in [2.75, 3.05) is 5.32 Å². The fourth-order valence-corrected chi connectivity index (χ4v) is 1.41. The van der Waals surface area contributed by atoms with Gasteiger partial charge in [0, 0.05) is 12.1 Å². The second-order valence-electron chi connectivity index (χ2n) is 4.18. The van der Waals surface area contributed by atoms with Crippen LogP contribution in [0.25, 0.3) is 0 Å². The van der Waals surface area contributed by atoms with Crippen LogP contribution >= 0.6 is 0 Å². The van der Waals surface area contributed by atoms with Crippen molar-refractivity contribution < 1.29 is 19.5 Å². The molecule has 1 aromatic heterocycles. The summed E-state index contributed by atoms with van der Waals surface area (Å²) >= 11 is 0. The van der Waals surface area contributed by atoms with E-state index < -0.39 is 23.9 Å². The highest BCUT2D eigenvalue weighted by molar-refractivity contribution is 5.92. The molecule has 0 radical (unpaired) electrons. The molecule has 108 valence electrons. The molecule has 1 atom stereocenters. The summed E-state index contributed by atoms with van der Waals surface area (Å²) in [5, 5.41) is 13.6. The van der Waals surface area contributed by atoms with Crippen molar-refractivity contribution in [2.45, 2.75) is 25.8 Å². The van der Waals surface area contributed by atoms with Gasteiger partial charge in [-0.15, -0.1) is 0 Å². The number of carboxylic acid groups (broad SMARTS) is 1. The van der Waals surface area contributed by atoms with Gasteiger partial charge in [0.25, 0.3) is 0 Å². The van der Waals surface area contributed by atoms with E-state index in [1.165, 1.54) is 6.20 Å². The summed E-state index contributed by atoms with van der Waals surface area (Å²) in [5.74, 6) is -1.86. The number of nitrogens with two attached hydrogens (primary N) is 1. The van der Waals surface area contributed by atoms with Crippen molar-refractivity contribution in [2.24, 2.45) is 5.73 Å². The van der Waals surface area contributed by atoms with E-state index >= 15 is 0 Å². The van der Waals surface area contributed by atoms with E-state index in [0.717, 1.165) is 5.69 Å². The predicted molar refractivity (Wildman–Crippen MR) is 71.0 cm³/mol. The molecule has 0 aliphatic carbocycles. The first-order valence-electron chi connectivity index (χ1n) is 5.89. The van der Waals surface area contributed by atoms with Crippen LogP contribution in [0.1, 0.15) is 18.5 Å². The molecule has 1 unspecified atom stereocenters. The van der Waals surface area contributed by atoms with Crippen LogP contribution < -0.4 is 16.4 Å². The minimum Gasteiger partial charge on any atom is -0.480 e. The Hall–Kier alpha value is -2.64. The van der Waals surface area contributed by atoms with E-state index in [-0.39, 0.29) is 12.8 Å². The number of anilines is 1. The molecule has 8 nitrogen and oxygen atoms in total. The maximum atomic E-state index is 11.6. The Morgan fingerprint density at radius 1 is 1.40 bits per heavy atom. The van der Waals surface area contributed by atoms with Crippen LogP contribution in [0.15, 0.2) is 18.3 Å². The fraction of sp³-hybridized carbons (Fsp3) is 0.333. The van der Waals surface area contributed by atoms with Crippen LogP contribution in [0.5, 0.6) is 0 Å². The van der Waals surface area contributed by atoms with Gasteiger partial charge in [-0.3, -0.25) is 9.78 Å². The lowest BCUT2D eigenvalue weighted by molar-refractivity contribution is -0.139. The third-order valence-electron chi connectivity index (χ3n) is 2.45. The first-order chi connectivity index (χ1) is 9.38. The van der Waals surface area contributed by atoms with Gasteiger partial charge in [0.2, 0.25) is 5.91 Å². The van der Waals surface area contributed by atoms with E-state index in [0.29, 0.717) is 5.69 Å². The number of nitrogens with zero attached hydrogens (tertiary/aromatic N) is 1. The molecular formula is C12H16N4O4. The topological polar surface area (TPSA) is 134 Å². The number of primary amides is 1. The van der Waals surface area contributed by atoms with Gasteiger partial charge in [-0.2, -0.15) is 0 Å². The SMILES string of the molecule is Cc1ccc(NC(=O)NC(CCC(N)=O)C(=O)O)cn1. The van der Waals surface area contributed by atoms with Crippen LogP contribution in [0.2, 0.25) is 0 Å². The molecule has 0 saturated carbocycles. The van der Waals surface area contributed by atoms with Crippen LogP contribution in [0.4, 0.5) is 10.5 Å². The maximum Gasteiger partial charge on any atom is 0.326 e. The highest BCUT2D eigenvalue weighted by Crippen LogP contribution is 2.05. The minimum absolute atomic E-state index is 0.0652. The molecule has 5 N–H and O–H groups in total. The van der Waals surface area contributed by atoms with Crippen molar-refractivity contribution >= 4 is 23.6 Å². The van der Waals surface area contributed by atoms with Crippen molar-refractivity contribution in [3.63, 3.8) is 0 Å². The van der Waals surface area contributed by atoms with Gasteiger partial charge in [-0.05, 0) is 25.5 Å². The Morgan fingerprint density at radius 2 is 2.10 bits per heavy atom. The molecule has 0 aliphatic rings. The number of carbonyl (C=O) groups is 3. The number of carboxylic acids is 1. The van der Waals surface area contributed by atoms with Gasteiger partial charge >= 0.3 is 12.0 Å². The number of urea groups is 1. The number of hydrogen-bond acceptors (Lipinski definition) is 4. The van der Waals surface area contributed by atoms with E-state index in [1.807, 2.05) is 0 Å². The summed E-state index contributed by atoms with van der Waals surface area (Å²) < 4.78 is 0. The Labute approximate surface area is 115 Å². The average Bonchev–Trinajstić information content (AvgIpc) is 2.36. The number of carbonyl (C=O) groups excluding carboxylic acids is 2. The molecule has 8 heteroatoms. The monoisotopic (exact) mass is 280 g/mol.